The second-order valence-electron chi connectivity index (χ2n) is 5.49. The van der Waals surface area contributed by atoms with Gasteiger partial charge in [0.2, 0.25) is 11.8 Å². The lowest BCUT2D eigenvalue weighted by molar-refractivity contribution is -0.148. The molecule has 102 valence electrons. The van der Waals surface area contributed by atoms with E-state index in [0.717, 1.165) is 0 Å². The van der Waals surface area contributed by atoms with E-state index in [0.29, 0.717) is 19.8 Å². The number of nitrogens with zero attached hydrogens (tertiary/aromatic N) is 1. The summed E-state index contributed by atoms with van der Waals surface area (Å²) >= 11 is 0. The molecule has 1 aliphatic heterocycles. The van der Waals surface area contributed by atoms with E-state index in [-0.39, 0.29) is 23.8 Å². The fourth-order valence-corrected chi connectivity index (χ4v) is 1.82. The zero-order valence-electron chi connectivity index (χ0n) is 11.4. The number of amides is 2. The Kier molecular flexibility index (Phi) is 4.90. The van der Waals surface area contributed by atoms with Gasteiger partial charge in [0.1, 0.15) is 6.04 Å². The average molecular weight is 254 g/mol. The Labute approximate surface area is 108 Å². The van der Waals surface area contributed by atoms with Crippen LogP contribution in [-0.2, 0) is 14.3 Å². The summed E-state index contributed by atoms with van der Waals surface area (Å²) in [6.07, 6.45) is 1.66. The largest absolute Gasteiger partial charge is 0.376 e. The van der Waals surface area contributed by atoms with Crippen LogP contribution in [0.5, 0.6) is 0 Å². The first-order chi connectivity index (χ1) is 8.36. The maximum Gasteiger partial charge on any atom is 0.246 e. The fourth-order valence-electron chi connectivity index (χ4n) is 1.82. The van der Waals surface area contributed by atoms with Crippen LogP contribution in [0.15, 0.2) is 12.7 Å². The van der Waals surface area contributed by atoms with Crippen LogP contribution in [-0.4, -0.2) is 49.1 Å². The molecule has 5 heteroatoms. The molecule has 1 unspecified atom stereocenters. The zero-order chi connectivity index (χ0) is 13.8. The fraction of sp³-hybridized carbons (Fsp3) is 0.692. The molecule has 1 rings (SSSR count). The second-order valence-corrected chi connectivity index (χ2v) is 5.49. The number of piperazine rings is 1. The van der Waals surface area contributed by atoms with Crippen molar-refractivity contribution in [1.82, 2.24) is 10.2 Å². The summed E-state index contributed by atoms with van der Waals surface area (Å²) in [5.41, 5.74) is -0.284. The Morgan fingerprint density at radius 3 is 2.72 bits per heavy atom. The van der Waals surface area contributed by atoms with Gasteiger partial charge >= 0.3 is 0 Å². The van der Waals surface area contributed by atoms with E-state index in [1.54, 1.807) is 11.0 Å². The van der Waals surface area contributed by atoms with Crippen molar-refractivity contribution in [1.29, 1.82) is 0 Å². The number of rotatable bonds is 5. The molecule has 0 radical (unpaired) electrons. The van der Waals surface area contributed by atoms with Gasteiger partial charge in [0.05, 0.1) is 19.8 Å². The van der Waals surface area contributed by atoms with Crippen LogP contribution in [0.3, 0.4) is 0 Å². The van der Waals surface area contributed by atoms with Crippen molar-refractivity contribution in [3.8, 4) is 0 Å². The van der Waals surface area contributed by atoms with Crippen molar-refractivity contribution in [2.24, 2.45) is 5.41 Å². The summed E-state index contributed by atoms with van der Waals surface area (Å²) in [6.45, 7) is 10.8. The highest BCUT2D eigenvalue weighted by atomic mass is 16.5. The van der Waals surface area contributed by atoms with Crippen molar-refractivity contribution in [2.45, 2.75) is 26.8 Å². The lowest BCUT2D eigenvalue weighted by Gasteiger charge is -2.38. The Hall–Kier alpha value is -1.36. The Morgan fingerprint density at radius 1 is 1.50 bits per heavy atom. The van der Waals surface area contributed by atoms with Crippen LogP contribution in [0.4, 0.5) is 0 Å². The first-order valence-corrected chi connectivity index (χ1v) is 6.13. The van der Waals surface area contributed by atoms with Gasteiger partial charge in [-0.3, -0.25) is 9.59 Å². The Balaban J connectivity index is 2.59. The number of nitrogens with one attached hydrogen (secondary N) is 1. The van der Waals surface area contributed by atoms with Crippen molar-refractivity contribution in [3.05, 3.63) is 12.7 Å². The van der Waals surface area contributed by atoms with E-state index in [1.165, 1.54) is 0 Å². The molecule has 2 amide bonds. The maximum atomic E-state index is 12.2. The highest BCUT2D eigenvalue weighted by Gasteiger charge is 2.39. The normalized spacial score (nSPS) is 20.8. The highest BCUT2D eigenvalue weighted by molar-refractivity contribution is 5.95. The van der Waals surface area contributed by atoms with Gasteiger partial charge in [0, 0.05) is 6.54 Å². The summed E-state index contributed by atoms with van der Waals surface area (Å²) in [4.78, 5) is 25.4. The number of ether oxygens (including phenoxy) is 1. The van der Waals surface area contributed by atoms with Crippen molar-refractivity contribution < 1.29 is 14.3 Å². The Bertz CT molecular complexity index is 334. The highest BCUT2D eigenvalue weighted by Crippen LogP contribution is 2.22. The molecule has 1 heterocycles. The standard InChI is InChI=1S/C13H22N2O3/c1-5-7-18-8-6-15-9-10(16)14-11(12(15)17)13(2,3)4/h5,11H,1,6-9H2,2-4H3,(H,14,16). The SMILES string of the molecule is C=CCOCCN1CC(=O)NC(C(C)(C)C)C1=O. The van der Waals surface area contributed by atoms with Crippen LogP contribution < -0.4 is 5.32 Å². The smallest absolute Gasteiger partial charge is 0.246 e. The minimum Gasteiger partial charge on any atom is -0.376 e. The first-order valence-electron chi connectivity index (χ1n) is 6.13. The topological polar surface area (TPSA) is 58.6 Å². The van der Waals surface area contributed by atoms with Gasteiger partial charge in [0.15, 0.2) is 0 Å². The third-order valence-electron chi connectivity index (χ3n) is 2.81. The van der Waals surface area contributed by atoms with Gasteiger partial charge < -0.3 is 15.0 Å². The quantitative estimate of drug-likeness (QED) is 0.576. The zero-order valence-corrected chi connectivity index (χ0v) is 11.4. The van der Waals surface area contributed by atoms with E-state index < -0.39 is 6.04 Å². The molecule has 1 N–H and O–H groups in total. The molecular formula is C13H22N2O3. The third-order valence-corrected chi connectivity index (χ3v) is 2.81. The van der Waals surface area contributed by atoms with Gasteiger partial charge in [-0.05, 0) is 5.41 Å². The minimum atomic E-state index is -0.460. The lowest BCUT2D eigenvalue weighted by atomic mass is 9.85. The van der Waals surface area contributed by atoms with Gasteiger partial charge in [0.25, 0.3) is 0 Å². The molecule has 1 aliphatic rings. The predicted molar refractivity (Wildman–Crippen MR) is 69.0 cm³/mol. The molecule has 1 saturated heterocycles. The summed E-state index contributed by atoms with van der Waals surface area (Å²) < 4.78 is 5.25. The summed E-state index contributed by atoms with van der Waals surface area (Å²) in [6, 6.07) is -0.460. The number of carbonyl (C=O) groups is 2. The van der Waals surface area contributed by atoms with Gasteiger partial charge in [-0.25, -0.2) is 0 Å². The van der Waals surface area contributed by atoms with Gasteiger partial charge in [-0.2, -0.15) is 0 Å². The van der Waals surface area contributed by atoms with E-state index in [9.17, 15) is 9.59 Å². The minimum absolute atomic E-state index is 0.0377. The van der Waals surface area contributed by atoms with Crippen molar-refractivity contribution >= 4 is 11.8 Å². The summed E-state index contributed by atoms with van der Waals surface area (Å²) in [5, 5.41) is 2.75. The van der Waals surface area contributed by atoms with E-state index in [1.807, 2.05) is 20.8 Å². The van der Waals surface area contributed by atoms with Crippen LogP contribution in [0, 0.1) is 5.41 Å². The van der Waals surface area contributed by atoms with Crippen molar-refractivity contribution in [2.75, 3.05) is 26.3 Å². The molecule has 0 aromatic carbocycles. The summed E-state index contributed by atoms with van der Waals surface area (Å²) in [7, 11) is 0. The van der Waals surface area contributed by atoms with Crippen LogP contribution in [0.1, 0.15) is 20.8 Å². The average Bonchev–Trinajstić information content (AvgIpc) is 2.27. The molecule has 0 aromatic heterocycles. The van der Waals surface area contributed by atoms with E-state index in [2.05, 4.69) is 11.9 Å². The third kappa shape index (κ3) is 3.84. The molecule has 0 bridgehead atoms. The van der Waals surface area contributed by atoms with Crippen molar-refractivity contribution in [3.63, 3.8) is 0 Å². The molecule has 0 aliphatic carbocycles. The van der Waals surface area contributed by atoms with E-state index >= 15 is 0 Å². The molecule has 1 fully saturated rings. The molecule has 0 aromatic rings. The molecule has 18 heavy (non-hydrogen) atoms. The van der Waals surface area contributed by atoms with Gasteiger partial charge in [-0.15, -0.1) is 6.58 Å². The number of hydrogen-bond donors (Lipinski definition) is 1. The predicted octanol–water partition coefficient (Wildman–Crippen LogP) is 0.562. The lowest BCUT2D eigenvalue weighted by Crippen LogP contribution is -2.62. The van der Waals surface area contributed by atoms with Crippen LogP contribution >= 0.6 is 0 Å². The Morgan fingerprint density at radius 2 is 2.17 bits per heavy atom. The van der Waals surface area contributed by atoms with E-state index in [4.69, 9.17) is 4.74 Å². The van der Waals surface area contributed by atoms with Crippen LogP contribution in [0.25, 0.3) is 0 Å². The maximum absolute atomic E-state index is 12.2. The first kappa shape index (κ1) is 14.7. The number of carbonyl (C=O) groups excluding carboxylic acids is 2. The molecule has 0 spiro atoms. The number of hydrogen-bond acceptors (Lipinski definition) is 3. The second kappa shape index (κ2) is 6.00. The summed E-state index contributed by atoms with van der Waals surface area (Å²) in [5.74, 6) is -0.150. The molecule has 0 saturated carbocycles. The monoisotopic (exact) mass is 254 g/mol. The molecule has 1 atom stereocenters. The van der Waals surface area contributed by atoms with Crippen LogP contribution in [0.2, 0.25) is 0 Å². The molecule has 5 nitrogen and oxygen atoms in total. The molecular weight excluding hydrogens is 232 g/mol. The van der Waals surface area contributed by atoms with Gasteiger partial charge in [-0.1, -0.05) is 26.8 Å².